The first-order valence-electron chi connectivity index (χ1n) is 7.83. The molecule has 1 N–H and O–H groups in total. The second kappa shape index (κ2) is 8.24. The maximum Gasteiger partial charge on any atom is 0.262 e. The topological polar surface area (TPSA) is 75.7 Å². The summed E-state index contributed by atoms with van der Waals surface area (Å²) < 4.78 is 19.0. The van der Waals surface area contributed by atoms with Crippen LogP contribution in [0.3, 0.4) is 0 Å². The summed E-state index contributed by atoms with van der Waals surface area (Å²) in [7, 11) is 3.27. The molecule has 2 rings (SSSR count). The molecular formula is C19H19FN2O4. The Bertz CT molecular complexity index is 849. The molecule has 2 aromatic carbocycles. The highest BCUT2D eigenvalue weighted by atomic mass is 19.1. The van der Waals surface area contributed by atoms with Gasteiger partial charge in [0.05, 0.1) is 5.56 Å². The van der Waals surface area contributed by atoms with Crippen LogP contribution in [0.2, 0.25) is 0 Å². The fourth-order valence-electron chi connectivity index (χ4n) is 2.21. The summed E-state index contributed by atoms with van der Waals surface area (Å²) >= 11 is 0. The second-order valence-electron chi connectivity index (χ2n) is 5.82. The molecule has 0 bridgehead atoms. The lowest BCUT2D eigenvalue weighted by molar-refractivity contribution is -0.118. The van der Waals surface area contributed by atoms with Crippen LogP contribution in [0.1, 0.15) is 27.6 Å². The molecule has 0 aliphatic carbocycles. The van der Waals surface area contributed by atoms with E-state index in [-0.39, 0.29) is 29.6 Å². The number of benzene rings is 2. The number of ketones is 1. The zero-order valence-corrected chi connectivity index (χ0v) is 14.7. The van der Waals surface area contributed by atoms with Gasteiger partial charge in [0, 0.05) is 31.4 Å². The van der Waals surface area contributed by atoms with E-state index >= 15 is 0 Å². The van der Waals surface area contributed by atoms with Gasteiger partial charge >= 0.3 is 0 Å². The van der Waals surface area contributed by atoms with Crippen LogP contribution in [-0.2, 0) is 4.79 Å². The minimum Gasteiger partial charge on any atom is -0.484 e. The largest absolute Gasteiger partial charge is 0.484 e. The predicted molar refractivity (Wildman–Crippen MR) is 95.0 cm³/mol. The molecule has 0 saturated heterocycles. The van der Waals surface area contributed by atoms with Crippen molar-refractivity contribution in [2.75, 3.05) is 26.0 Å². The number of carbonyl (C=O) groups is 3. The van der Waals surface area contributed by atoms with E-state index in [9.17, 15) is 18.8 Å². The number of Topliss-reactive ketones (excluding diaryl/α,β-unsaturated/α-hetero) is 1. The molecule has 0 fully saturated rings. The third kappa shape index (κ3) is 4.89. The zero-order valence-electron chi connectivity index (χ0n) is 14.7. The molecule has 7 heteroatoms. The number of rotatable bonds is 6. The third-order valence-electron chi connectivity index (χ3n) is 3.49. The van der Waals surface area contributed by atoms with Gasteiger partial charge in [0.2, 0.25) is 0 Å². The fraction of sp³-hybridized carbons (Fsp3) is 0.211. The fourth-order valence-corrected chi connectivity index (χ4v) is 2.21. The second-order valence-corrected chi connectivity index (χ2v) is 5.82. The number of nitrogens with zero attached hydrogens (tertiary/aromatic N) is 1. The number of nitrogens with one attached hydrogen (secondary N) is 1. The van der Waals surface area contributed by atoms with Crippen molar-refractivity contribution in [2.24, 2.45) is 0 Å². The van der Waals surface area contributed by atoms with Gasteiger partial charge in [-0.25, -0.2) is 4.39 Å². The Morgan fingerprint density at radius 2 is 1.85 bits per heavy atom. The van der Waals surface area contributed by atoms with Crippen LogP contribution in [-0.4, -0.2) is 43.2 Å². The summed E-state index contributed by atoms with van der Waals surface area (Å²) in [5.41, 5.74) is 0.851. The minimum atomic E-state index is -0.703. The molecular weight excluding hydrogens is 339 g/mol. The first kappa shape index (κ1) is 19.1. The molecule has 2 amide bonds. The monoisotopic (exact) mass is 358 g/mol. The number of hydrogen-bond acceptors (Lipinski definition) is 4. The standard InChI is InChI=1S/C19H19FN2O4/c1-12(23)16-8-7-15(10-17(16)20)26-11-18(24)21-14-6-4-5-13(9-14)19(25)22(2)3/h4-10H,11H2,1-3H3,(H,21,24). The summed E-state index contributed by atoms with van der Waals surface area (Å²) in [6.45, 7) is 0.923. The summed E-state index contributed by atoms with van der Waals surface area (Å²) in [6, 6.07) is 10.3. The van der Waals surface area contributed by atoms with Crippen molar-refractivity contribution >= 4 is 23.3 Å². The van der Waals surface area contributed by atoms with E-state index in [2.05, 4.69) is 5.32 Å². The van der Waals surface area contributed by atoms with Crippen LogP contribution >= 0.6 is 0 Å². The molecule has 0 spiro atoms. The SMILES string of the molecule is CC(=O)c1ccc(OCC(=O)Nc2cccc(C(=O)N(C)C)c2)cc1F. The molecule has 0 atom stereocenters. The molecule has 0 saturated carbocycles. The summed E-state index contributed by atoms with van der Waals surface area (Å²) in [4.78, 5) is 36.5. The van der Waals surface area contributed by atoms with Gasteiger partial charge in [-0.2, -0.15) is 0 Å². The average molecular weight is 358 g/mol. The van der Waals surface area contributed by atoms with Crippen LogP contribution in [0.15, 0.2) is 42.5 Å². The third-order valence-corrected chi connectivity index (χ3v) is 3.49. The molecule has 0 aromatic heterocycles. The van der Waals surface area contributed by atoms with Gasteiger partial charge in [0.1, 0.15) is 11.6 Å². The highest BCUT2D eigenvalue weighted by Gasteiger charge is 2.11. The van der Waals surface area contributed by atoms with Gasteiger partial charge in [-0.1, -0.05) is 6.07 Å². The maximum absolute atomic E-state index is 13.7. The van der Waals surface area contributed by atoms with E-state index in [0.29, 0.717) is 11.3 Å². The Balaban J connectivity index is 1.97. The lowest BCUT2D eigenvalue weighted by atomic mass is 10.1. The lowest BCUT2D eigenvalue weighted by Gasteiger charge is -2.12. The molecule has 26 heavy (non-hydrogen) atoms. The van der Waals surface area contributed by atoms with E-state index in [1.807, 2.05) is 0 Å². The van der Waals surface area contributed by atoms with Crippen LogP contribution in [0.4, 0.5) is 10.1 Å². The van der Waals surface area contributed by atoms with Crippen LogP contribution < -0.4 is 10.1 Å². The summed E-state index contributed by atoms with van der Waals surface area (Å²) in [5.74, 6) is -1.60. The van der Waals surface area contributed by atoms with Crippen molar-refractivity contribution in [3.05, 3.63) is 59.4 Å². The first-order chi connectivity index (χ1) is 12.3. The van der Waals surface area contributed by atoms with Gasteiger partial charge < -0.3 is 15.0 Å². The smallest absolute Gasteiger partial charge is 0.262 e. The number of ether oxygens (including phenoxy) is 1. The predicted octanol–water partition coefficient (Wildman–Crippen LogP) is 2.75. The lowest BCUT2D eigenvalue weighted by Crippen LogP contribution is -2.23. The normalized spacial score (nSPS) is 10.2. The van der Waals surface area contributed by atoms with Crippen LogP contribution in [0, 0.1) is 5.82 Å². The summed E-state index contributed by atoms with van der Waals surface area (Å²) in [6.07, 6.45) is 0. The van der Waals surface area contributed by atoms with Crippen molar-refractivity contribution in [3.63, 3.8) is 0 Å². The summed E-state index contributed by atoms with van der Waals surface area (Å²) in [5, 5.41) is 2.61. The Morgan fingerprint density at radius 3 is 2.46 bits per heavy atom. The van der Waals surface area contributed by atoms with Crippen LogP contribution in [0.25, 0.3) is 0 Å². The van der Waals surface area contributed by atoms with Crippen molar-refractivity contribution in [1.82, 2.24) is 4.90 Å². The molecule has 0 heterocycles. The Kier molecular flexibility index (Phi) is 6.06. The van der Waals surface area contributed by atoms with E-state index in [1.165, 1.54) is 24.0 Å². The van der Waals surface area contributed by atoms with Crippen molar-refractivity contribution < 1.29 is 23.5 Å². The Labute approximate surface area is 150 Å². The van der Waals surface area contributed by atoms with Gasteiger partial charge in [-0.05, 0) is 37.3 Å². The van der Waals surface area contributed by atoms with E-state index in [0.717, 1.165) is 6.07 Å². The maximum atomic E-state index is 13.7. The molecule has 0 aliphatic rings. The van der Waals surface area contributed by atoms with Crippen molar-refractivity contribution in [3.8, 4) is 5.75 Å². The van der Waals surface area contributed by atoms with Crippen molar-refractivity contribution in [1.29, 1.82) is 0 Å². The highest BCUT2D eigenvalue weighted by Crippen LogP contribution is 2.17. The molecule has 2 aromatic rings. The molecule has 0 aliphatic heterocycles. The van der Waals surface area contributed by atoms with E-state index in [4.69, 9.17) is 4.74 Å². The zero-order chi connectivity index (χ0) is 19.3. The first-order valence-corrected chi connectivity index (χ1v) is 7.83. The number of anilines is 1. The Hall–Kier alpha value is -3.22. The number of amides is 2. The number of halogens is 1. The average Bonchev–Trinajstić information content (AvgIpc) is 2.59. The Morgan fingerprint density at radius 1 is 1.12 bits per heavy atom. The van der Waals surface area contributed by atoms with Gasteiger partial charge in [-0.15, -0.1) is 0 Å². The molecule has 136 valence electrons. The quantitative estimate of drug-likeness (QED) is 0.806. The molecule has 0 unspecified atom stereocenters. The van der Waals surface area contributed by atoms with Crippen LogP contribution in [0.5, 0.6) is 5.75 Å². The van der Waals surface area contributed by atoms with E-state index in [1.54, 1.807) is 38.4 Å². The van der Waals surface area contributed by atoms with Gasteiger partial charge in [-0.3, -0.25) is 14.4 Å². The number of hydrogen-bond donors (Lipinski definition) is 1. The number of carbonyl (C=O) groups excluding carboxylic acids is 3. The van der Waals surface area contributed by atoms with Gasteiger partial charge in [0.15, 0.2) is 12.4 Å². The highest BCUT2D eigenvalue weighted by molar-refractivity contribution is 5.97. The van der Waals surface area contributed by atoms with Crippen molar-refractivity contribution in [2.45, 2.75) is 6.92 Å². The molecule has 0 radical (unpaired) electrons. The minimum absolute atomic E-state index is 0.0378. The van der Waals surface area contributed by atoms with E-state index < -0.39 is 11.7 Å². The van der Waals surface area contributed by atoms with Gasteiger partial charge in [0.25, 0.3) is 11.8 Å². The molecule has 6 nitrogen and oxygen atoms in total.